The minimum Gasteiger partial charge on any atom is -0.444 e. The van der Waals surface area contributed by atoms with Crippen LogP contribution in [0.15, 0.2) is 23.0 Å². The monoisotopic (exact) mass is 548 g/mol. The zero-order chi connectivity index (χ0) is 27.3. The second-order valence-corrected chi connectivity index (χ2v) is 14.2. The molecule has 2 saturated heterocycles. The van der Waals surface area contributed by atoms with Gasteiger partial charge in [-0.2, -0.15) is 4.31 Å². The fourth-order valence-corrected chi connectivity index (χ4v) is 6.90. The third-order valence-corrected chi connectivity index (χ3v) is 9.34. The molecule has 1 spiro atoms. The van der Waals surface area contributed by atoms with Crippen molar-refractivity contribution in [2.45, 2.75) is 58.2 Å². The Balaban J connectivity index is 1.13. The van der Waals surface area contributed by atoms with Crippen molar-refractivity contribution in [3.8, 4) is 0 Å². The predicted molar refractivity (Wildman–Crippen MR) is 147 cm³/mol. The summed E-state index contributed by atoms with van der Waals surface area (Å²) in [5.41, 5.74) is 2.19. The Bertz CT molecular complexity index is 1350. The van der Waals surface area contributed by atoms with Gasteiger partial charge >= 0.3 is 11.8 Å². The van der Waals surface area contributed by atoms with Crippen molar-refractivity contribution in [2.24, 2.45) is 5.41 Å². The van der Waals surface area contributed by atoms with Gasteiger partial charge in [0.05, 0.1) is 17.3 Å². The predicted octanol–water partition coefficient (Wildman–Crippen LogP) is 2.11. The maximum atomic E-state index is 12.7. The Morgan fingerprint density at radius 1 is 1.13 bits per heavy atom. The van der Waals surface area contributed by atoms with Gasteiger partial charge in [0.15, 0.2) is 0 Å². The van der Waals surface area contributed by atoms with E-state index in [0.717, 1.165) is 49.1 Å². The first kappa shape index (κ1) is 27.0. The summed E-state index contributed by atoms with van der Waals surface area (Å²) in [6, 6.07) is 6.32. The number of carbonyl (C=O) groups is 1. The van der Waals surface area contributed by atoms with Gasteiger partial charge in [-0.1, -0.05) is 0 Å². The smallest absolute Gasteiger partial charge is 0.410 e. The van der Waals surface area contributed by atoms with Crippen molar-refractivity contribution in [3.63, 3.8) is 0 Å². The van der Waals surface area contributed by atoms with E-state index in [0.29, 0.717) is 45.3 Å². The lowest BCUT2D eigenvalue weighted by atomic mass is 9.65. The molecule has 0 atom stereocenters. The number of hydrogen-bond acceptors (Lipinski definition) is 7. The standard InChI is InChI=1S/C26H40N6O5S/c1-25(2,3)37-24(34)30-8-7-26(18-30)16-20(17-26)27-19-5-6-22-21(15-19)28-23(33)32(22)14-11-29-9-12-31(13-10-29)38(4,35)36/h5-6,15,20,27H,7-14,16-18H2,1-4H3,(H,28,33). The van der Waals surface area contributed by atoms with Crippen LogP contribution >= 0.6 is 0 Å². The minimum atomic E-state index is -3.15. The molecule has 11 nitrogen and oxygen atoms in total. The van der Waals surface area contributed by atoms with E-state index in [9.17, 15) is 18.0 Å². The summed E-state index contributed by atoms with van der Waals surface area (Å²) in [5, 5.41) is 3.60. The van der Waals surface area contributed by atoms with Crippen LogP contribution in [0.5, 0.6) is 0 Å². The molecule has 1 amide bonds. The maximum Gasteiger partial charge on any atom is 0.410 e. The second kappa shape index (κ2) is 9.87. The molecule has 2 aliphatic heterocycles. The van der Waals surface area contributed by atoms with E-state index in [4.69, 9.17) is 4.74 Å². The number of hydrogen-bond donors (Lipinski definition) is 2. The lowest BCUT2D eigenvalue weighted by Crippen LogP contribution is -2.49. The Hall–Kier alpha value is -2.57. The van der Waals surface area contributed by atoms with Crippen LogP contribution in [0.2, 0.25) is 0 Å². The van der Waals surface area contributed by atoms with Crippen LogP contribution in [0.25, 0.3) is 11.0 Å². The van der Waals surface area contributed by atoms with Gasteiger partial charge in [0.2, 0.25) is 10.0 Å². The molecule has 1 saturated carbocycles. The molecule has 5 rings (SSSR count). The number of imidazole rings is 1. The molecule has 12 heteroatoms. The third-order valence-electron chi connectivity index (χ3n) is 8.03. The van der Waals surface area contributed by atoms with Gasteiger partial charge in [0, 0.05) is 64.1 Å². The van der Waals surface area contributed by atoms with E-state index in [-0.39, 0.29) is 17.2 Å². The average molecular weight is 549 g/mol. The quantitative estimate of drug-likeness (QED) is 0.567. The Morgan fingerprint density at radius 3 is 2.50 bits per heavy atom. The van der Waals surface area contributed by atoms with Crippen LogP contribution in [0.1, 0.15) is 40.0 Å². The van der Waals surface area contributed by atoms with E-state index in [1.165, 1.54) is 10.6 Å². The van der Waals surface area contributed by atoms with Gasteiger partial charge in [-0.05, 0) is 63.6 Å². The summed E-state index contributed by atoms with van der Waals surface area (Å²) in [5.74, 6) is 0. The number of piperazine rings is 1. The van der Waals surface area contributed by atoms with Gasteiger partial charge in [0.25, 0.3) is 0 Å². The number of ether oxygens (including phenoxy) is 1. The van der Waals surface area contributed by atoms with E-state index in [2.05, 4.69) is 15.2 Å². The molecular weight excluding hydrogens is 508 g/mol. The maximum absolute atomic E-state index is 12.7. The van der Waals surface area contributed by atoms with E-state index in [1.807, 2.05) is 43.9 Å². The number of fused-ring (bicyclic) bond motifs is 1. The van der Waals surface area contributed by atoms with Crippen molar-refractivity contribution in [3.05, 3.63) is 28.7 Å². The third kappa shape index (κ3) is 5.86. The van der Waals surface area contributed by atoms with Gasteiger partial charge < -0.3 is 19.9 Å². The highest BCUT2D eigenvalue weighted by atomic mass is 32.2. The zero-order valence-corrected chi connectivity index (χ0v) is 23.6. The summed E-state index contributed by atoms with van der Waals surface area (Å²) in [6.07, 6.45) is 4.04. The largest absolute Gasteiger partial charge is 0.444 e. The van der Waals surface area contributed by atoms with Crippen LogP contribution in [-0.4, -0.2) is 102 Å². The topological polar surface area (TPSA) is 120 Å². The number of sulfonamides is 1. The molecule has 1 aromatic carbocycles. The first-order chi connectivity index (χ1) is 17.8. The number of H-pyrrole nitrogens is 1. The highest BCUT2D eigenvalue weighted by Gasteiger charge is 2.50. The number of carbonyl (C=O) groups excluding carboxylic acids is 1. The molecule has 0 unspecified atom stereocenters. The molecule has 3 heterocycles. The molecule has 38 heavy (non-hydrogen) atoms. The molecule has 0 bridgehead atoms. The van der Waals surface area contributed by atoms with Crippen molar-refractivity contribution in [1.82, 2.24) is 23.7 Å². The lowest BCUT2D eigenvalue weighted by molar-refractivity contribution is 0.0237. The van der Waals surface area contributed by atoms with Gasteiger partial charge in [-0.25, -0.2) is 18.0 Å². The van der Waals surface area contributed by atoms with Crippen molar-refractivity contribution < 1.29 is 17.9 Å². The summed E-state index contributed by atoms with van der Waals surface area (Å²) >= 11 is 0. The molecule has 2 N–H and O–H groups in total. The van der Waals surface area contributed by atoms with Crippen LogP contribution in [0.3, 0.4) is 0 Å². The fourth-order valence-electron chi connectivity index (χ4n) is 6.08. The molecule has 2 aromatic rings. The molecule has 210 valence electrons. The summed E-state index contributed by atoms with van der Waals surface area (Å²) in [7, 11) is -3.15. The lowest BCUT2D eigenvalue weighted by Gasteiger charge is -2.45. The fraction of sp³-hybridized carbons (Fsp3) is 0.692. The minimum absolute atomic E-state index is 0.136. The summed E-state index contributed by atoms with van der Waals surface area (Å²) < 4.78 is 32.2. The Morgan fingerprint density at radius 2 is 1.84 bits per heavy atom. The Labute approximate surface area is 224 Å². The number of aromatic amines is 1. The number of nitrogens with one attached hydrogen (secondary N) is 2. The number of likely N-dealkylation sites (tertiary alicyclic amines) is 1. The molecule has 3 aliphatic rings. The van der Waals surface area contributed by atoms with Gasteiger partial charge in [-0.15, -0.1) is 0 Å². The number of amides is 1. The van der Waals surface area contributed by atoms with Crippen molar-refractivity contribution in [1.29, 1.82) is 0 Å². The normalized spacial score (nSPS) is 25.2. The number of anilines is 1. The highest BCUT2D eigenvalue weighted by molar-refractivity contribution is 7.88. The zero-order valence-electron chi connectivity index (χ0n) is 22.8. The second-order valence-electron chi connectivity index (χ2n) is 12.2. The number of benzene rings is 1. The van der Waals surface area contributed by atoms with Crippen LogP contribution in [0, 0.1) is 5.41 Å². The van der Waals surface area contributed by atoms with Crippen LogP contribution < -0.4 is 11.0 Å². The SMILES string of the molecule is CC(C)(C)OC(=O)N1CCC2(CC(Nc3ccc4c(c3)[nH]c(=O)n4CCN3CCN(S(C)(=O)=O)CC3)C2)C1. The van der Waals surface area contributed by atoms with Crippen molar-refractivity contribution >= 4 is 32.8 Å². The van der Waals surface area contributed by atoms with Crippen molar-refractivity contribution in [2.75, 3.05) is 57.4 Å². The van der Waals surface area contributed by atoms with E-state index in [1.54, 1.807) is 4.57 Å². The summed E-state index contributed by atoms with van der Waals surface area (Å²) in [4.78, 5) is 32.1. The van der Waals surface area contributed by atoms with E-state index >= 15 is 0 Å². The van der Waals surface area contributed by atoms with Gasteiger partial charge in [0.1, 0.15) is 5.60 Å². The summed E-state index contributed by atoms with van der Waals surface area (Å²) in [6.45, 7) is 10.7. The first-order valence-electron chi connectivity index (χ1n) is 13.4. The first-order valence-corrected chi connectivity index (χ1v) is 15.3. The number of aromatic nitrogens is 2. The average Bonchev–Trinajstić information content (AvgIpc) is 3.37. The molecule has 1 aromatic heterocycles. The Kier molecular flexibility index (Phi) is 7.02. The van der Waals surface area contributed by atoms with Gasteiger partial charge in [-0.3, -0.25) is 9.47 Å². The molecular formula is C26H40N6O5S. The molecule has 1 aliphatic carbocycles. The molecule has 0 radical (unpaired) electrons. The highest BCUT2D eigenvalue weighted by Crippen LogP contribution is 2.49. The van der Waals surface area contributed by atoms with Crippen LogP contribution in [0.4, 0.5) is 10.5 Å². The van der Waals surface area contributed by atoms with Crippen LogP contribution in [-0.2, 0) is 21.3 Å². The van der Waals surface area contributed by atoms with E-state index < -0.39 is 15.6 Å². The number of rotatable bonds is 6. The number of nitrogens with zero attached hydrogens (tertiary/aromatic N) is 4. The molecule has 3 fully saturated rings.